The second-order valence-electron chi connectivity index (χ2n) is 16.8. The van der Waals surface area contributed by atoms with Gasteiger partial charge in [0, 0.05) is 19.3 Å². The molecule has 0 spiro atoms. The van der Waals surface area contributed by atoms with Gasteiger partial charge >= 0.3 is 17.9 Å². The van der Waals surface area contributed by atoms with E-state index in [0.717, 1.165) is 70.6 Å². The smallest absolute Gasteiger partial charge is 0.306 e. The van der Waals surface area contributed by atoms with Crippen molar-refractivity contribution in [1.29, 1.82) is 0 Å². The Hall–Kier alpha value is -2.89. The summed E-state index contributed by atoms with van der Waals surface area (Å²) >= 11 is 0. The monoisotopic (exact) mass is 839 g/mol. The Kier molecular flexibility index (Phi) is 46.4. The standard InChI is InChI=1S/C54H94O6/c1-4-7-10-13-16-19-22-25-27-29-32-35-38-41-44-47-53(56)59-50-51(49-58-52(55)46-43-40-37-34-31-24-21-18-15-12-9-6-3)60-54(57)48-45-42-39-36-33-30-28-26-23-20-17-14-11-8-5-2/h7,10,13,16,19,22,25,27,29,32,51H,4-6,8-9,11-12,14-15,17-18,20-21,23-24,26,28,30-31,33-50H2,1-3H3/b10-7-,16-13-,22-19-,27-25-,32-29-. The zero-order chi connectivity index (χ0) is 43.7. The molecule has 0 fully saturated rings. The number of rotatable bonds is 45. The molecule has 0 aromatic heterocycles. The van der Waals surface area contributed by atoms with Crippen molar-refractivity contribution in [3.05, 3.63) is 60.8 Å². The summed E-state index contributed by atoms with van der Waals surface area (Å²) < 4.78 is 16.8. The summed E-state index contributed by atoms with van der Waals surface area (Å²) in [5.74, 6) is -0.922. The number of ether oxygens (including phenoxy) is 3. The van der Waals surface area contributed by atoms with Crippen molar-refractivity contribution in [3.63, 3.8) is 0 Å². The van der Waals surface area contributed by atoms with Crippen molar-refractivity contribution in [2.45, 2.75) is 252 Å². The molecule has 0 saturated heterocycles. The van der Waals surface area contributed by atoms with Crippen molar-refractivity contribution in [3.8, 4) is 0 Å². The maximum Gasteiger partial charge on any atom is 0.306 e. The molecule has 0 bridgehead atoms. The molecule has 0 aliphatic heterocycles. The van der Waals surface area contributed by atoms with Crippen LogP contribution in [-0.4, -0.2) is 37.2 Å². The molecule has 0 N–H and O–H groups in total. The molecule has 0 aromatic rings. The van der Waals surface area contributed by atoms with E-state index in [-0.39, 0.29) is 31.1 Å². The van der Waals surface area contributed by atoms with Crippen LogP contribution in [0.2, 0.25) is 0 Å². The Morgan fingerprint density at radius 1 is 0.350 bits per heavy atom. The molecule has 6 nitrogen and oxygen atoms in total. The fourth-order valence-corrected chi connectivity index (χ4v) is 7.11. The lowest BCUT2D eigenvalue weighted by Crippen LogP contribution is -2.30. The Labute approximate surface area is 370 Å². The predicted octanol–water partition coefficient (Wildman–Crippen LogP) is 16.5. The SMILES string of the molecule is CC\C=C/C=C\C=C/C=C\C=C/CCCCCC(=O)OCC(COC(=O)CCCCCCCCCCCCCC)OC(=O)CCCCCCCCCCCCCCCCC. The Morgan fingerprint density at radius 3 is 1.02 bits per heavy atom. The fraction of sp³-hybridized carbons (Fsp3) is 0.759. The van der Waals surface area contributed by atoms with Crippen LogP contribution in [0.3, 0.4) is 0 Å². The summed E-state index contributed by atoms with van der Waals surface area (Å²) in [6.07, 6.45) is 59.1. The first-order valence-electron chi connectivity index (χ1n) is 25.4. The number of hydrogen-bond acceptors (Lipinski definition) is 6. The van der Waals surface area contributed by atoms with Gasteiger partial charge in [-0.15, -0.1) is 0 Å². The highest BCUT2D eigenvalue weighted by Gasteiger charge is 2.19. The van der Waals surface area contributed by atoms with Crippen LogP contribution in [0.15, 0.2) is 60.8 Å². The number of unbranched alkanes of at least 4 members (excludes halogenated alkanes) is 28. The highest BCUT2D eigenvalue weighted by atomic mass is 16.6. The molecule has 346 valence electrons. The molecule has 0 radical (unpaired) electrons. The van der Waals surface area contributed by atoms with E-state index in [9.17, 15) is 14.4 Å². The quantitative estimate of drug-likeness (QED) is 0.0263. The summed E-state index contributed by atoms with van der Waals surface area (Å²) in [7, 11) is 0. The summed E-state index contributed by atoms with van der Waals surface area (Å²) in [5.41, 5.74) is 0. The predicted molar refractivity (Wildman–Crippen MR) is 256 cm³/mol. The minimum Gasteiger partial charge on any atom is -0.462 e. The van der Waals surface area contributed by atoms with Crippen molar-refractivity contribution >= 4 is 17.9 Å². The van der Waals surface area contributed by atoms with Gasteiger partial charge in [-0.05, 0) is 38.5 Å². The highest BCUT2D eigenvalue weighted by Crippen LogP contribution is 2.16. The van der Waals surface area contributed by atoms with Gasteiger partial charge in [0.2, 0.25) is 0 Å². The molecular formula is C54H94O6. The second-order valence-corrected chi connectivity index (χ2v) is 16.8. The highest BCUT2D eigenvalue weighted by molar-refractivity contribution is 5.71. The number of allylic oxidation sites excluding steroid dienone is 10. The van der Waals surface area contributed by atoms with Gasteiger partial charge in [0.25, 0.3) is 0 Å². The van der Waals surface area contributed by atoms with E-state index in [0.29, 0.717) is 19.3 Å². The van der Waals surface area contributed by atoms with E-state index in [1.807, 2.05) is 48.6 Å². The lowest BCUT2D eigenvalue weighted by Gasteiger charge is -2.18. The Morgan fingerprint density at radius 2 is 0.650 bits per heavy atom. The van der Waals surface area contributed by atoms with Crippen molar-refractivity contribution in [1.82, 2.24) is 0 Å². The second kappa shape index (κ2) is 48.8. The van der Waals surface area contributed by atoms with Gasteiger partial charge in [0.05, 0.1) is 0 Å². The van der Waals surface area contributed by atoms with Crippen LogP contribution in [0, 0.1) is 0 Å². The molecule has 0 rings (SSSR count). The van der Waals surface area contributed by atoms with Crippen molar-refractivity contribution in [2.24, 2.45) is 0 Å². The van der Waals surface area contributed by atoms with Gasteiger partial charge in [0.1, 0.15) is 13.2 Å². The maximum atomic E-state index is 12.8. The molecule has 0 aliphatic rings. The van der Waals surface area contributed by atoms with E-state index in [2.05, 4.69) is 32.9 Å². The summed E-state index contributed by atoms with van der Waals surface area (Å²) in [6, 6.07) is 0. The van der Waals surface area contributed by atoms with Gasteiger partial charge < -0.3 is 14.2 Å². The third kappa shape index (κ3) is 46.2. The molecule has 0 aliphatic carbocycles. The summed E-state index contributed by atoms with van der Waals surface area (Å²) in [5, 5.41) is 0. The molecule has 60 heavy (non-hydrogen) atoms. The number of esters is 3. The molecule has 0 amide bonds. The first-order chi connectivity index (χ1) is 29.5. The largest absolute Gasteiger partial charge is 0.462 e. The van der Waals surface area contributed by atoms with Crippen LogP contribution >= 0.6 is 0 Å². The fourth-order valence-electron chi connectivity index (χ4n) is 7.11. The van der Waals surface area contributed by atoms with E-state index < -0.39 is 6.10 Å². The van der Waals surface area contributed by atoms with Gasteiger partial charge in [-0.25, -0.2) is 0 Å². The normalized spacial score (nSPS) is 12.5. The van der Waals surface area contributed by atoms with Crippen LogP contribution in [-0.2, 0) is 28.6 Å². The lowest BCUT2D eigenvalue weighted by atomic mass is 10.0. The third-order valence-corrected chi connectivity index (χ3v) is 10.9. The zero-order valence-corrected chi connectivity index (χ0v) is 39.5. The Bertz CT molecular complexity index is 1100. The maximum absolute atomic E-state index is 12.8. The number of carbonyl (C=O) groups excluding carboxylic acids is 3. The summed E-state index contributed by atoms with van der Waals surface area (Å²) in [4.78, 5) is 37.9. The Balaban J connectivity index is 4.43. The van der Waals surface area contributed by atoms with Crippen LogP contribution in [0.25, 0.3) is 0 Å². The molecule has 0 heterocycles. The van der Waals surface area contributed by atoms with E-state index in [4.69, 9.17) is 14.2 Å². The number of carbonyl (C=O) groups is 3. The van der Waals surface area contributed by atoms with Crippen molar-refractivity contribution < 1.29 is 28.6 Å². The van der Waals surface area contributed by atoms with Crippen molar-refractivity contribution in [2.75, 3.05) is 13.2 Å². The van der Waals surface area contributed by atoms with Crippen LogP contribution in [0.4, 0.5) is 0 Å². The molecule has 0 saturated carbocycles. The number of hydrogen-bond donors (Lipinski definition) is 0. The van der Waals surface area contributed by atoms with E-state index in [1.165, 1.54) is 135 Å². The zero-order valence-electron chi connectivity index (χ0n) is 39.5. The van der Waals surface area contributed by atoms with Gasteiger partial charge in [-0.1, -0.05) is 248 Å². The van der Waals surface area contributed by atoms with Gasteiger partial charge in [-0.2, -0.15) is 0 Å². The van der Waals surface area contributed by atoms with Crippen LogP contribution in [0.1, 0.15) is 245 Å². The third-order valence-electron chi connectivity index (χ3n) is 10.9. The molecule has 1 unspecified atom stereocenters. The topological polar surface area (TPSA) is 78.9 Å². The molecular weight excluding hydrogens is 745 g/mol. The first kappa shape index (κ1) is 57.1. The molecule has 6 heteroatoms. The molecule has 0 aromatic carbocycles. The van der Waals surface area contributed by atoms with Crippen LogP contribution < -0.4 is 0 Å². The molecule has 1 atom stereocenters. The average Bonchev–Trinajstić information content (AvgIpc) is 3.24. The van der Waals surface area contributed by atoms with Gasteiger partial charge in [-0.3, -0.25) is 14.4 Å². The van der Waals surface area contributed by atoms with Crippen LogP contribution in [0.5, 0.6) is 0 Å². The van der Waals surface area contributed by atoms with Gasteiger partial charge in [0.15, 0.2) is 6.10 Å². The average molecular weight is 839 g/mol. The first-order valence-corrected chi connectivity index (χ1v) is 25.4. The minimum atomic E-state index is -0.786. The lowest BCUT2D eigenvalue weighted by molar-refractivity contribution is -0.167. The van der Waals surface area contributed by atoms with E-state index >= 15 is 0 Å². The minimum absolute atomic E-state index is 0.0848. The summed E-state index contributed by atoms with van der Waals surface area (Å²) in [6.45, 7) is 6.47. The van der Waals surface area contributed by atoms with E-state index in [1.54, 1.807) is 0 Å².